The van der Waals surface area contributed by atoms with Gasteiger partial charge in [0.15, 0.2) is 0 Å². The van der Waals surface area contributed by atoms with Crippen LogP contribution in [-0.4, -0.2) is 41.1 Å². The Morgan fingerprint density at radius 3 is 2.86 bits per heavy atom. The Labute approximate surface area is 131 Å². The first-order valence-corrected chi connectivity index (χ1v) is 7.89. The van der Waals surface area contributed by atoms with E-state index in [1.54, 1.807) is 6.07 Å². The van der Waals surface area contributed by atoms with Crippen molar-refractivity contribution in [1.29, 1.82) is 0 Å². The summed E-state index contributed by atoms with van der Waals surface area (Å²) in [5, 5.41) is 13.4. The van der Waals surface area contributed by atoms with E-state index in [4.69, 9.17) is 11.6 Å². The molecule has 1 aliphatic rings. The van der Waals surface area contributed by atoms with E-state index in [0.29, 0.717) is 23.2 Å². The van der Waals surface area contributed by atoms with Gasteiger partial charge < -0.3 is 15.3 Å². The highest BCUT2D eigenvalue weighted by molar-refractivity contribution is 6.33. The van der Waals surface area contributed by atoms with Gasteiger partial charge in [-0.1, -0.05) is 18.0 Å². The van der Waals surface area contributed by atoms with Gasteiger partial charge >= 0.3 is 0 Å². The average molecular weight is 311 g/mol. The third-order valence-corrected chi connectivity index (χ3v) is 4.22. The van der Waals surface area contributed by atoms with Crippen LogP contribution in [0, 0.1) is 0 Å². The van der Waals surface area contributed by atoms with Crippen LogP contribution >= 0.6 is 11.6 Å². The standard InChI is InChI=1S/C16H23ClN2O2/c1-11(2)19(10-12-5-3-4-8-18-12)16(21)14-9-13(20)6-7-15(14)17/h6-7,9,11-12,18,20H,3-5,8,10H2,1-2H3. The summed E-state index contributed by atoms with van der Waals surface area (Å²) >= 11 is 6.11. The monoisotopic (exact) mass is 310 g/mol. The van der Waals surface area contributed by atoms with E-state index in [0.717, 1.165) is 13.0 Å². The number of aromatic hydroxyl groups is 1. The number of hydrogen-bond acceptors (Lipinski definition) is 3. The molecule has 2 N–H and O–H groups in total. The molecular formula is C16H23ClN2O2. The van der Waals surface area contributed by atoms with Crippen LogP contribution in [0.2, 0.25) is 5.02 Å². The molecule has 1 saturated heterocycles. The molecule has 1 fully saturated rings. The molecule has 116 valence electrons. The fourth-order valence-electron chi connectivity index (χ4n) is 2.68. The van der Waals surface area contributed by atoms with Crippen LogP contribution in [0.4, 0.5) is 0 Å². The van der Waals surface area contributed by atoms with Gasteiger partial charge in [0.05, 0.1) is 10.6 Å². The number of carbonyl (C=O) groups is 1. The number of phenols is 1. The Hall–Kier alpha value is -1.26. The van der Waals surface area contributed by atoms with Gasteiger partial charge in [-0.05, 0) is 51.4 Å². The first kappa shape index (κ1) is 16.1. The zero-order valence-electron chi connectivity index (χ0n) is 12.6. The maximum absolute atomic E-state index is 12.7. The minimum Gasteiger partial charge on any atom is -0.508 e. The van der Waals surface area contributed by atoms with Gasteiger partial charge in [0, 0.05) is 18.6 Å². The van der Waals surface area contributed by atoms with Crippen LogP contribution in [0.5, 0.6) is 5.75 Å². The van der Waals surface area contributed by atoms with Crippen LogP contribution in [0.1, 0.15) is 43.5 Å². The molecule has 1 unspecified atom stereocenters. The highest BCUT2D eigenvalue weighted by atomic mass is 35.5. The van der Waals surface area contributed by atoms with Gasteiger partial charge in [-0.15, -0.1) is 0 Å². The molecule has 0 spiro atoms. The van der Waals surface area contributed by atoms with Crippen LogP contribution in [0.25, 0.3) is 0 Å². The van der Waals surface area contributed by atoms with Crippen molar-refractivity contribution < 1.29 is 9.90 Å². The van der Waals surface area contributed by atoms with E-state index in [-0.39, 0.29) is 17.7 Å². The van der Waals surface area contributed by atoms with Gasteiger partial charge in [0.1, 0.15) is 5.75 Å². The number of benzene rings is 1. The fourth-order valence-corrected chi connectivity index (χ4v) is 2.88. The number of hydrogen-bond donors (Lipinski definition) is 2. The van der Waals surface area contributed by atoms with Crippen molar-refractivity contribution in [3.63, 3.8) is 0 Å². The molecular weight excluding hydrogens is 288 g/mol. The van der Waals surface area contributed by atoms with Crippen molar-refractivity contribution in [3.05, 3.63) is 28.8 Å². The summed E-state index contributed by atoms with van der Waals surface area (Å²) in [6, 6.07) is 4.90. The second kappa shape index (κ2) is 7.14. The van der Waals surface area contributed by atoms with Crippen molar-refractivity contribution in [2.45, 2.75) is 45.2 Å². The summed E-state index contributed by atoms with van der Waals surface area (Å²) in [6.07, 6.45) is 3.49. The Bertz CT molecular complexity index is 499. The molecule has 0 radical (unpaired) electrons. The largest absolute Gasteiger partial charge is 0.508 e. The third-order valence-electron chi connectivity index (χ3n) is 3.89. The van der Waals surface area contributed by atoms with Gasteiger partial charge in [-0.25, -0.2) is 0 Å². The number of phenolic OH excluding ortho intramolecular Hbond substituents is 1. The predicted octanol–water partition coefficient (Wildman–Crippen LogP) is 3.04. The summed E-state index contributed by atoms with van der Waals surface area (Å²) in [4.78, 5) is 14.6. The number of nitrogens with zero attached hydrogens (tertiary/aromatic N) is 1. The zero-order valence-corrected chi connectivity index (χ0v) is 13.4. The highest BCUT2D eigenvalue weighted by Gasteiger charge is 2.25. The van der Waals surface area contributed by atoms with E-state index in [1.165, 1.54) is 25.0 Å². The van der Waals surface area contributed by atoms with Crippen molar-refractivity contribution in [1.82, 2.24) is 10.2 Å². The minimum absolute atomic E-state index is 0.0576. The maximum atomic E-state index is 12.7. The van der Waals surface area contributed by atoms with Gasteiger partial charge in [-0.2, -0.15) is 0 Å². The second-order valence-corrected chi connectivity index (χ2v) is 6.27. The van der Waals surface area contributed by atoms with Gasteiger partial charge in [0.2, 0.25) is 0 Å². The number of halogens is 1. The van der Waals surface area contributed by atoms with E-state index in [2.05, 4.69) is 5.32 Å². The molecule has 1 aliphatic heterocycles. The topological polar surface area (TPSA) is 52.6 Å². The van der Waals surface area contributed by atoms with E-state index in [9.17, 15) is 9.90 Å². The van der Waals surface area contributed by atoms with Crippen LogP contribution in [-0.2, 0) is 0 Å². The predicted molar refractivity (Wildman–Crippen MR) is 84.9 cm³/mol. The summed E-state index contributed by atoms with van der Waals surface area (Å²) in [7, 11) is 0. The lowest BCUT2D eigenvalue weighted by molar-refractivity contribution is 0.0676. The SMILES string of the molecule is CC(C)N(CC1CCCCN1)C(=O)c1cc(O)ccc1Cl. The summed E-state index contributed by atoms with van der Waals surface area (Å²) in [5.41, 5.74) is 0.362. The Balaban J connectivity index is 2.16. The lowest BCUT2D eigenvalue weighted by Crippen LogP contribution is -2.48. The Morgan fingerprint density at radius 2 is 2.24 bits per heavy atom. The Morgan fingerprint density at radius 1 is 1.48 bits per heavy atom. The van der Waals surface area contributed by atoms with Crippen LogP contribution in [0.3, 0.4) is 0 Å². The molecule has 0 saturated carbocycles. The molecule has 1 heterocycles. The number of carbonyl (C=O) groups excluding carboxylic acids is 1. The van der Waals surface area contributed by atoms with Gasteiger partial charge in [0.25, 0.3) is 5.91 Å². The number of amides is 1. The fraction of sp³-hybridized carbons (Fsp3) is 0.562. The molecule has 2 rings (SSSR count). The molecule has 0 aliphatic carbocycles. The van der Waals surface area contributed by atoms with E-state index >= 15 is 0 Å². The van der Waals surface area contributed by atoms with Crippen molar-refractivity contribution in [3.8, 4) is 5.75 Å². The molecule has 0 bridgehead atoms. The maximum Gasteiger partial charge on any atom is 0.255 e. The second-order valence-electron chi connectivity index (χ2n) is 5.86. The summed E-state index contributed by atoms with van der Waals surface area (Å²) < 4.78 is 0. The molecule has 4 nitrogen and oxygen atoms in total. The Kier molecular flexibility index (Phi) is 5.48. The van der Waals surface area contributed by atoms with Crippen molar-refractivity contribution in [2.75, 3.05) is 13.1 Å². The van der Waals surface area contributed by atoms with Crippen molar-refractivity contribution in [2.24, 2.45) is 0 Å². The van der Waals surface area contributed by atoms with Gasteiger partial charge in [-0.3, -0.25) is 4.79 Å². The van der Waals surface area contributed by atoms with Crippen LogP contribution < -0.4 is 5.32 Å². The zero-order chi connectivity index (χ0) is 15.4. The van der Waals surface area contributed by atoms with Crippen molar-refractivity contribution >= 4 is 17.5 Å². The molecule has 1 aromatic carbocycles. The molecule has 21 heavy (non-hydrogen) atoms. The minimum atomic E-state index is -0.127. The van der Waals surface area contributed by atoms with E-state index < -0.39 is 0 Å². The number of nitrogens with one attached hydrogen (secondary N) is 1. The quantitative estimate of drug-likeness (QED) is 0.898. The highest BCUT2D eigenvalue weighted by Crippen LogP contribution is 2.24. The first-order chi connectivity index (χ1) is 9.99. The lowest BCUT2D eigenvalue weighted by atomic mass is 10.0. The van der Waals surface area contributed by atoms with Crippen LogP contribution in [0.15, 0.2) is 18.2 Å². The van der Waals surface area contributed by atoms with E-state index in [1.807, 2.05) is 18.7 Å². The molecule has 1 atom stereocenters. The molecule has 1 aromatic rings. The lowest BCUT2D eigenvalue weighted by Gasteiger charge is -2.33. The normalized spacial score (nSPS) is 18.8. The smallest absolute Gasteiger partial charge is 0.255 e. The third kappa shape index (κ3) is 4.11. The number of rotatable bonds is 4. The number of piperidine rings is 1. The summed E-state index contributed by atoms with van der Waals surface area (Å²) in [6.45, 7) is 5.68. The first-order valence-electron chi connectivity index (χ1n) is 7.52. The summed E-state index contributed by atoms with van der Waals surface area (Å²) in [5.74, 6) is -0.0690. The molecule has 0 aromatic heterocycles. The molecule has 5 heteroatoms. The average Bonchev–Trinajstić information content (AvgIpc) is 2.47. The molecule has 1 amide bonds.